The number of amides is 1. The van der Waals surface area contributed by atoms with E-state index in [0.29, 0.717) is 6.54 Å². The zero-order chi connectivity index (χ0) is 13.9. The van der Waals surface area contributed by atoms with Gasteiger partial charge in [-0.05, 0) is 57.7 Å². The highest BCUT2D eigenvalue weighted by atomic mass is 79.9. The van der Waals surface area contributed by atoms with Crippen LogP contribution in [-0.4, -0.2) is 12.5 Å². The highest BCUT2D eigenvalue weighted by Gasteiger charge is 2.13. The highest BCUT2D eigenvalue weighted by Crippen LogP contribution is 2.22. The third-order valence-corrected chi connectivity index (χ3v) is 5.07. The molecule has 0 atom stereocenters. The number of thiophene rings is 1. The normalized spacial score (nSPS) is 13.2. The summed E-state index contributed by atoms with van der Waals surface area (Å²) < 4.78 is 1.13. The van der Waals surface area contributed by atoms with E-state index in [4.69, 9.17) is 0 Å². The molecule has 0 radical (unpaired) electrons. The van der Waals surface area contributed by atoms with E-state index in [1.807, 2.05) is 24.3 Å². The topological polar surface area (TPSA) is 41.1 Å². The zero-order valence-electron chi connectivity index (χ0n) is 10.9. The lowest BCUT2D eigenvalue weighted by molar-refractivity contribution is 0.0954. The Labute approximate surface area is 130 Å². The Bertz CT molecular complexity index is 639. The van der Waals surface area contributed by atoms with Crippen LogP contribution in [0.1, 0.15) is 26.4 Å². The smallest absolute Gasteiger partial charge is 0.251 e. The first-order chi connectivity index (χ1) is 9.72. The van der Waals surface area contributed by atoms with Crippen LogP contribution in [0.25, 0.3) is 0 Å². The summed E-state index contributed by atoms with van der Waals surface area (Å²) in [6.45, 7) is 2.44. The molecule has 1 amide bonds. The van der Waals surface area contributed by atoms with E-state index in [1.54, 1.807) is 11.3 Å². The summed E-state index contributed by atoms with van der Waals surface area (Å²) in [5.74, 6) is 0.00956. The fourth-order valence-electron chi connectivity index (χ4n) is 2.32. The molecule has 0 saturated carbocycles. The van der Waals surface area contributed by atoms with Crippen molar-refractivity contribution >= 4 is 33.2 Å². The van der Waals surface area contributed by atoms with Gasteiger partial charge in [-0.2, -0.15) is 0 Å². The first-order valence-corrected chi connectivity index (χ1v) is 8.18. The Balaban J connectivity index is 1.56. The molecule has 20 heavy (non-hydrogen) atoms. The molecule has 1 aliphatic heterocycles. The fourth-order valence-corrected chi connectivity index (χ4v) is 3.81. The van der Waals surface area contributed by atoms with Crippen molar-refractivity contribution in [1.82, 2.24) is 10.6 Å². The molecule has 0 fully saturated rings. The molecule has 1 aromatic carbocycles. The molecule has 0 unspecified atom stereocenters. The van der Waals surface area contributed by atoms with Crippen LogP contribution in [0.2, 0.25) is 0 Å². The molecule has 0 aliphatic carbocycles. The Morgan fingerprint density at radius 1 is 1.25 bits per heavy atom. The minimum absolute atomic E-state index is 0.00956. The van der Waals surface area contributed by atoms with Gasteiger partial charge in [0.2, 0.25) is 0 Å². The number of carbonyl (C=O) groups excluding carboxylic acids is 1. The summed E-state index contributed by atoms with van der Waals surface area (Å²) in [7, 11) is 0. The minimum atomic E-state index is 0.00956. The molecule has 0 bridgehead atoms. The third-order valence-electron chi connectivity index (χ3n) is 3.39. The maximum atomic E-state index is 12.1. The van der Waals surface area contributed by atoms with E-state index < -0.39 is 0 Å². The maximum absolute atomic E-state index is 12.1. The van der Waals surface area contributed by atoms with Crippen LogP contribution in [0.3, 0.4) is 0 Å². The molecular weight excluding hydrogens is 336 g/mol. The van der Waals surface area contributed by atoms with Crippen molar-refractivity contribution in [2.24, 2.45) is 0 Å². The molecule has 0 saturated heterocycles. The number of hydrogen-bond acceptors (Lipinski definition) is 3. The van der Waals surface area contributed by atoms with E-state index in [2.05, 4.69) is 32.6 Å². The van der Waals surface area contributed by atoms with E-state index in [9.17, 15) is 4.79 Å². The number of benzene rings is 1. The van der Waals surface area contributed by atoms with Crippen molar-refractivity contribution in [2.45, 2.75) is 19.5 Å². The second-order valence-corrected chi connectivity index (χ2v) is 7.35. The predicted octanol–water partition coefficient (Wildman–Crippen LogP) is 3.09. The highest BCUT2D eigenvalue weighted by molar-refractivity contribution is 9.11. The summed E-state index contributed by atoms with van der Waals surface area (Å²) in [5.41, 5.74) is 3.28. The molecule has 1 aromatic heterocycles. The summed E-state index contributed by atoms with van der Waals surface area (Å²) in [6, 6.07) is 10.1. The van der Waals surface area contributed by atoms with Gasteiger partial charge in [0.1, 0.15) is 0 Å². The Morgan fingerprint density at radius 3 is 2.90 bits per heavy atom. The van der Waals surface area contributed by atoms with Crippen molar-refractivity contribution < 1.29 is 4.79 Å². The largest absolute Gasteiger partial charge is 0.352 e. The van der Waals surface area contributed by atoms with E-state index >= 15 is 0 Å². The number of halogens is 1. The van der Waals surface area contributed by atoms with Crippen LogP contribution in [0.4, 0.5) is 0 Å². The quantitative estimate of drug-likeness (QED) is 0.889. The SMILES string of the molecule is O=C(NCCc1ccc(Br)s1)c1ccc2c(c1)CNC2. The van der Waals surface area contributed by atoms with Gasteiger partial charge < -0.3 is 10.6 Å². The van der Waals surface area contributed by atoms with Crippen molar-refractivity contribution in [3.8, 4) is 0 Å². The van der Waals surface area contributed by atoms with Gasteiger partial charge >= 0.3 is 0 Å². The third kappa shape index (κ3) is 3.11. The van der Waals surface area contributed by atoms with Gasteiger partial charge in [0.15, 0.2) is 0 Å². The van der Waals surface area contributed by atoms with Gasteiger partial charge in [0, 0.05) is 30.1 Å². The molecule has 1 aliphatic rings. The van der Waals surface area contributed by atoms with Crippen LogP contribution in [0.5, 0.6) is 0 Å². The Morgan fingerprint density at radius 2 is 2.10 bits per heavy atom. The molecule has 0 spiro atoms. The Hall–Kier alpha value is -1.17. The van der Waals surface area contributed by atoms with Gasteiger partial charge in [-0.1, -0.05) is 6.07 Å². The van der Waals surface area contributed by atoms with E-state index in [1.165, 1.54) is 16.0 Å². The van der Waals surface area contributed by atoms with Gasteiger partial charge in [-0.3, -0.25) is 4.79 Å². The second-order valence-electron chi connectivity index (χ2n) is 4.80. The fraction of sp³-hybridized carbons (Fsp3) is 0.267. The molecular formula is C15H15BrN2OS. The molecule has 5 heteroatoms. The van der Waals surface area contributed by atoms with Gasteiger partial charge in [0.25, 0.3) is 5.91 Å². The lowest BCUT2D eigenvalue weighted by Gasteiger charge is -2.06. The minimum Gasteiger partial charge on any atom is -0.352 e. The zero-order valence-corrected chi connectivity index (χ0v) is 13.3. The van der Waals surface area contributed by atoms with Gasteiger partial charge in [-0.15, -0.1) is 11.3 Å². The lowest BCUT2D eigenvalue weighted by atomic mass is 10.1. The average Bonchev–Trinajstić information content (AvgIpc) is 3.06. The van der Waals surface area contributed by atoms with Gasteiger partial charge in [0.05, 0.1) is 3.79 Å². The molecule has 2 aromatic rings. The number of nitrogens with one attached hydrogen (secondary N) is 2. The lowest BCUT2D eigenvalue weighted by Crippen LogP contribution is -2.25. The standard InChI is InChI=1S/C15H15BrN2OS/c16-14-4-3-13(20-14)5-6-18-15(19)10-1-2-11-8-17-9-12(11)7-10/h1-4,7,17H,5-6,8-9H2,(H,18,19). The predicted molar refractivity (Wildman–Crippen MR) is 85.0 cm³/mol. The summed E-state index contributed by atoms with van der Waals surface area (Å²) in [5, 5.41) is 6.27. The average molecular weight is 351 g/mol. The summed E-state index contributed by atoms with van der Waals surface area (Å²) in [6.07, 6.45) is 0.870. The molecule has 2 N–H and O–H groups in total. The van der Waals surface area contributed by atoms with Crippen LogP contribution >= 0.6 is 27.3 Å². The molecule has 3 rings (SSSR count). The number of carbonyl (C=O) groups is 1. The monoisotopic (exact) mass is 350 g/mol. The summed E-state index contributed by atoms with van der Waals surface area (Å²) >= 11 is 5.15. The molecule has 104 valence electrons. The number of fused-ring (bicyclic) bond motifs is 1. The van der Waals surface area contributed by atoms with E-state index in [-0.39, 0.29) is 5.91 Å². The van der Waals surface area contributed by atoms with Crippen LogP contribution in [0, 0.1) is 0 Å². The van der Waals surface area contributed by atoms with Crippen molar-refractivity contribution in [3.05, 3.63) is 55.7 Å². The summed E-state index contributed by atoms with van der Waals surface area (Å²) in [4.78, 5) is 13.4. The first kappa shape index (κ1) is 13.8. The van der Waals surface area contributed by atoms with Crippen LogP contribution in [0.15, 0.2) is 34.1 Å². The second kappa shape index (κ2) is 6.08. The Kier molecular flexibility index (Phi) is 4.19. The van der Waals surface area contributed by atoms with Crippen molar-refractivity contribution in [3.63, 3.8) is 0 Å². The van der Waals surface area contributed by atoms with Crippen molar-refractivity contribution in [2.75, 3.05) is 6.54 Å². The first-order valence-electron chi connectivity index (χ1n) is 6.57. The molecule has 3 nitrogen and oxygen atoms in total. The van der Waals surface area contributed by atoms with Crippen molar-refractivity contribution in [1.29, 1.82) is 0 Å². The maximum Gasteiger partial charge on any atom is 0.251 e. The number of rotatable bonds is 4. The number of hydrogen-bond donors (Lipinski definition) is 2. The van der Waals surface area contributed by atoms with Gasteiger partial charge in [-0.25, -0.2) is 0 Å². The van der Waals surface area contributed by atoms with E-state index in [0.717, 1.165) is 28.9 Å². The van der Waals surface area contributed by atoms with Crippen LogP contribution < -0.4 is 10.6 Å². The van der Waals surface area contributed by atoms with Crippen LogP contribution in [-0.2, 0) is 19.5 Å². The molecule has 2 heterocycles.